The third-order valence-corrected chi connectivity index (χ3v) is 4.47. The van der Waals surface area contributed by atoms with Gasteiger partial charge in [-0.25, -0.2) is 14.2 Å². The van der Waals surface area contributed by atoms with E-state index < -0.39 is 17.4 Å². The van der Waals surface area contributed by atoms with Crippen molar-refractivity contribution in [2.24, 2.45) is 0 Å². The molecule has 1 aromatic heterocycles. The van der Waals surface area contributed by atoms with Gasteiger partial charge in [0.05, 0.1) is 0 Å². The first-order valence-corrected chi connectivity index (χ1v) is 8.93. The molecule has 1 saturated heterocycles. The van der Waals surface area contributed by atoms with E-state index in [4.69, 9.17) is 0 Å². The first kappa shape index (κ1) is 19.9. The van der Waals surface area contributed by atoms with Gasteiger partial charge in [0.15, 0.2) is 0 Å². The fourth-order valence-electron chi connectivity index (χ4n) is 3.04. The van der Waals surface area contributed by atoms with E-state index in [1.807, 2.05) is 6.07 Å². The van der Waals surface area contributed by atoms with E-state index in [0.717, 1.165) is 0 Å². The fraction of sp³-hybridized carbons (Fsp3) is 0.250. The smallest absolute Gasteiger partial charge is 0.347 e. The van der Waals surface area contributed by atoms with Crippen LogP contribution in [0.2, 0.25) is 0 Å². The molecule has 0 radical (unpaired) electrons. The SMILES string of the molecule is N#C/C(=C\c1ccc(F)cc1)C(=O)N1CC[C@H](NC(=O)Cn2cccnc2=O)C1. The molecule has 148 valence electrons. The van der Waals surface area contributed by atoms with Crippen molar-refractivity contribution < 1.29 is 14.0 Å². The van der Waals surface area contributed by atoms with E-state index in [0.29, 0.717) is 18.5 Å². The Bertz CT molecular complexity index is 1040. The number of amides is 2. The quantitative estimate of drug-likeness (QED) is 0.592. The molecule has 1 N–H and O–H groups in total. The van der Waals surface area contributed by atoms with Crippen LogP contribution < -0.4 is 11.0 Å². The molecule has 2 aromatic rings. The molecular weight excluding hydrogens is 377 g/mol. The summed E-state index contributed by atoms with van der Waals surface area (Å²) in [5.41, 5.74) is -0.0387. The monoisotopic (exact) mass is 395 g/mol. The second kappa shape index (κ2) is 8.93. The van der Waals surface area contributed by atoms with Crippen LogP contribution in [0, 0.1) is 17.1 Å². The van der Waals surface area contributed by atoms with Crippen molar-refractivity contribution in [2.45, 2.75) is 19.0 Å². The first-order chi connectivity index (χ1) is 14.0. The van der Waals surface area contributed by atoms with Crippen molar-refractivity contribution in [3.05, 3.63) is 70.2 Å². The highest BCUT2D eigenvalue weighted by atomic mass is 19.1. The van der Waals surface area contributed by atoms with E-state index >= 15 is 0 Å². The maximum Gasteiger partial charge on any atom is 0.347 e. The number of carbonyl (C=O) groups is 2. The zero-order valence-corrected chi connectivity index (χ0v) is 15.4. The van der Waals surface area contributed by atoms with Gasteiger partial charge in [0.25, 0.3) is 5.91 Å². The van der Waals surface area contributed by atoms with Gasteiger partial charge in [0, 0.05) is 31.5 Å². The normalized spacial score (nSPS) is 16.3. The van der Waals surface area contributed by atoms with E-state index in [1.54, 1.807) is 6.07 Å². The number of hydrogen-bond donors (Lipinski definition) is 1. The Kier molecular flexibility index (Phi) is 6.14. The van der Waals surface area contributed by atoms with Crippen molar-refractivity contribution in [3.8, 4) is 6.07 Å². The number of hydrogen-bond acceptors (Lipinski definition) is 5. The van der Waals surface area contributed by atoms with E-state index in [1.165, 1.54) is 52.2 Å². The van der Waals surface area contributed by atoms with E-state index in [9.17, 15) is 24.0 Å². The van der Waals surface area contributed by atoms with Gasteiger partial charge in [0.1, 0.15) is 24.0 Å². The van der Waals surface area contributed by atoms with Crippen LogP contribution in [0.3, 0.4) is 0 Å². The topological polar surface area (TPSA) is 108 Å². The number of rotatable bonds is 5. The van der Waals surface area contributed by atoms with Gasteiger partial charge in [-0.15, -0.1) is 0 Å². The van der Waals surface area contributed by atoms with Crippen LogP contribution in [-0.2, 0) is 16.1 Å². The van der Waals surface area contributed by atoms with Gasteiger partial charge in [-0.2, -0.15) is 5.26 Å². The summed E-state index contributed by atoms with van der Waals surface area (Å²) in [6.07, 6.45) is 4.76. The van der Waals surface area contributed by atoms with Crippen molar-refractivity contribution in [3.63, 3.8) is 0 Å². The molecule has 0 saturated carbocycles. The minimum absolute atomic E-state index is 0.0644. The Morgan fingerprint density at radius 2 is 2.10 bits per heavy atom. The number of likely N-dealkylation sites (tertiary alicyclic amines) is 1. The number of nitrogens with one attached hydrogen (secondary N) is 1. The number of nitriles is 1. The number of halogens is 1. The number of benzene rings is 1. The Hall–Kier alpha value is -3.80. The summed E-state index contributed by atoms with van der Waals surface area (Å²) in [5, 5.41) is 12.1. The average Bonchev–Trinajstić information content (AvgIpc) is 3.17. The molecule has 0 aliphatic carbocycles. The van der Waals surface area contributed by atoms with Gasteiger partial charge in [-0.1, -0.05) is 12.1 Å². The maximum atomic E-state index is 13.0. The lowest BCUT2D eigenvalue weighted by Crippen LogP contribution is -2.41. The predicted octanol–water partition coefficient (Wildman–Crippen LogP) is 0.707. The number of aromatic nitrogens is 2. The summed E-state index contributed by atoms with van der Waals surface area (Å²) in [5.74, 6) is -1.21. The summed E-state index contributed by atoms with van der Waals surface area (Å²) < 4.78 is 14.2. The highest BCUT2D eigenvalue weighted by Gasteiger charge is 2.29. The number of carbonyl (C=O) groups excluding carboxylic acids is 2. The third kappa shape index (κ3) is 5.13. The van der Waals surface area contributed by atoms with Crippen LogP contribution in [0.5, 0.6) is 0 Å². The lowest BCUT2D eigenvalue weighted by Gasteiger charge is -2.17. The molecule has 1 aliphatic rings. The molecule has 9 heteroatoms. The molecule has 0 spiro atoms. The van der Waals surface area contributed by atoms with E-state index in [-0.39, 0.29) is 30.6 Å². The van der Waals surface area contributed by atoms with E-state index in [2.05, 4.69) is 10.3 Å². The van der Waals surface area contributed by atoms with Crippen LogP contribution >= 0.6 is 0 Å². The van der Waals surface area contributed by atoms with Gasteiger partial charge >= 0.3 is 5.69 Å². The second-order valence-electron chi connectivity index (χ2n) is 6.56. The minimum Gasteiger partial charge on any atom is -0.350 e. The zero-order chi connectivity index (χ0) is 20.8. The molecule has 3 rings (SSSR count). The third-order valence-electron chi connectivity index (χ3n) is 4.47. The fourth-order valence-corrected chi connectivity index (χ4v) is 3.04. The minimum atomic E-state index is -0.518. The molecule has 1 aliphatic heterocycles. The molecular formula is C20H18FN5O3. The van der Waals surface area contributed by atoms with Gasteiger partial charge in [-0.3, -0.25) is 14.2 Å². The standard InChI is InChI=1S/C20H18FN5O3/c21-16-4-2-14(3-5-16)10-15(11-22)19(28)25-9-6-17(12-25)24-18(27)13-26-8-1-7-23-20(26)29/h1-5,7-8,10,17H,6,9,12-13H2,(H,24,27)/b15-10+/t17-/m0/s1. The molecule has 1 fully saturated rings. The number of nitrogens with zero attached hydrogens (tertiary/aromatic N) is 4. The van der Waals surface area contributed by atoms with Crippen LogP contribution in [-0.4, -0.2) is 45.4 Å². The molecule has 0 bridgehead atoms. The lowest BCUT2D eigenvalue weighted by atomic mass is 10.1. The van der Waals surface area contributed by atoms with Gasteiger partial charge < -0.3 is 10.2 Å². The van der Waals surface area contributed by atoms with Crippen molar-refractivity contribution in [1.82, 2.24) is 19.8 Å². The average molecular weight is 395 g/mol. The summed E-state index contributed by atoms with van der Waals surface area (Å²) in [6, 6.07) is 8.62. The van der Waals surface area contributed by atoms with Crippen LogP contribution in [0.4, 0.5) is 4.39 Å². The largest absolute Gasteiger partial charge is 0.350 e. The highest BCUT2D eigenvalue weighted by molar-refractivity contribution is 6.01. The summed E-state index contributed by atoms with van der Waals surface area (Å²) in [7, 11) is 0. The van der Waals surface area contributed by atoms with Crippen molar-refractivity contribution >= 4 is 17.9 Å². The lowest BCUT2D eigenvalue weighted by molar-refractivity contribution is -0.126. The van der Waals surface area contributed by atoms with Crippen LogP contribution in [0.25, 0.3) is 6.08 Å². The molecule has 1 aromatic carbocycles. The Morgan fingerprint density at radius 1 is 1.34 bits per heavy atom. The van der Waals surface area contributed by atoms with Gasteiger partial charge in [0.2, 0.25) is 5.91 Å². The Balaban J connectivity index is 1.59. The molecule has 1 atom stereocenters. The van der Waals surface area contributed by atoms with Crippen LogP contribution in [0.15, 0.2) is 53.1 Å². The molecule has 0 unspecified atom stereocenters. The molecule has 2 amide bonds. The Labute approximate surface area is 165 Å². The molecule has 29 heavy (non-hydrogen) atoms. The predicted molar refractivity (Wildman–Crippen MR) is 102 cm³/mol. The second-order valence-corrected chi connectivity index (χ2v) is 6.56. The summed E-state index contributed by atoms with van der Waals surface area (Å²) in [4.78, 5) is 41.4. The Morgan fingerprint density at radius 3 is 2.79 bits per heavy atom. The summed E-state index contributed by atoms with van der Waals surface area (Å²) in [6.45, 7) is 0.485. The van der Waals surface area contributed by atoms with Crippen molar-refractivity contribution in [1.29, 1.82) is 5.26 Å². The zero-order valence-electron chi connectivity index (χ0n) is 15.4. The van der Waals surface area contributed by atoms with Gasteiger partial charge in [-0.05, 0) is 36.3 Å². The molecule has 8 nitrogen and oxygen atoms in total. The maximum absolute atomic E-state index is 13.0. The first-order valence-electron chi connectivity index (χ1n) is 8.93. The van der Waals surface area contributed by atoms with Crippen molar-refractivity contribution in [2.75, 3.05) is 13.1 Å². The van der Waals surface area contributed by atoms with Crippen LogP contribution in [0.1, 0.15) is 12.0 Å². The summed E-state index contributed by atoms with van der Waals surface area (Å²) >= 11 is 0. The molecule has 2 heterocycles. The highest BCUT2D eigenvalue weighted by Crippen LogP contribution is 2.15.